The first kappa shape index (κ1) is 22.0. The van der Waals surface area contributed by atoms with Gasteiger partial charge < -0.3 is 15.2 Å². The van der Waals surface area contributed by atoms with E-state index in [1.54, 1.807) is 29.2 Å². The maximum atomic E-state index is 13.2. The molecular formula is C23H26N4O4S. The lowest BCUT2D eigenvalue weighted by atomic mass is 10.1. The molecule has 1 aliphatic heterocycles. The summed E-state index contributed by atoms with van der Waals surface area (Å²) < 4.78 is 27.2. The Hall–Kier alpha value is -3.17. The summed E-state index contributed by atoms with van der Waals surface area (Å²) in [7, 11) is -4.10. The molecule has 0 saturated heterocycles. The fraction of sp³-hybridized carbons (Fsp3) is 0.304. The molecule has 0 fully saturated rings. The van der Waals surface area contributed by atoms with Gasteiger partial charge in [-0.3, -0.25) is 4.79 Å². The lowest BCUT2D eigenvalue weighted by molar-refractivity contribution is -0.118. The van der Waals surface area contributed by atoms with Gasteiger partial charge in [0.2, 0.25) is 5.91 Å². The molecule has 1 amide bonds. The Morgan fingerprint density at radius 1 is 1.19 bits per heavy atom. The number of rotatable bonds is 6. The van der Waals surface area contributed by atoms with Crippen LogP contribution in [-0.4, -0.2) is 41.9 Å². The van der Waals surface area contributed by atoms with Crippen LogP contribution in [-0.2, 0) is 21.2 Å². The first-order valence-electron chi connectivity index (χ1n) is 10.5. The number of H-pyrrole nitrogens is 1. The number of anilines is 1. The largest absolute Gasteiger partial charge is 0.340 e. The molecule has 0 aliphatic carbocycles. The Kier molecular flexibility index (Phi) is 5.79. The highest BCUT2D eigenvalue weighted by Gasteiger charge is 2.32. The molecule has 3 aromatic rings. The van der Waals surface area contributed by atoms with E-state index in [4.69, 9.17) is 0 Å². The highest BCUT2D eigenvalue weighted by molar-refractivity contribution is 7.90. The summed E-state index contributed by atoms with van der Waals surface area (Å²) in [4.78, 5) is 29.5. The van der Waals surface area contributed by atoms with Crippen LogP contribution in [0.2, 0.25) is 0 Å². The van der Waals surface area contributed by atoms with E-state index in [-0.39, 0.29) is 29.4 Å². The summed E-state index contributed by atoms with van der Waals surface area (Å²) in [5.41, 5.74) is 1.88. The Labute approximate surface area is 186 Å². The number of hydrogen-bond donors (Lipinski definition) is 2. The molecule has 168 valence electrons. The number of carbonyl (C=O) groups excluding carboxylic acids is 1. The monoisotopic (exact) mass is 454 g/mol. The third kappa shape index (κ3) is 4.01. The molecule has 2 aromatic carbocycles. The van der Waals surface area contributed by atoms with Gasteiger partial charge in [-0.1, -0.05) is 44.2 Å². The zero-order valence-corrected chi connectivity index (χ0v) is 19.0. The second-order valence-electron chi connectivity index (χ2n) is 8.28. The molecule has 32 heavy (non-hydrogen) atoms. The second kappa shape index (κ2) is 8.40. The molecule has 2 heterocycles. The SMILES string of the molecule is CC(C)NCC(=O)N1c2ccc(S(=O)(=O)n3cc(-c4ccccc4)[nH]c3=O)cc2CC1C. The topological polar surface area (TPSA) is 104 Å². The van der Waals surface area contributed by atoms with E-state index in [1.807, 2.05) is 39.0 Å². The van der Waals surface area contributed by atoms with Gasteiger partial charge in [0.1, 0.15) is 0 Å². The van der Waals surface area contributed by atoms with Crippen LogP contribution in [0, 0.1) is 0 Å². The minimum atomic E-state index is -4.10. The van der Waals surface area contributed by atoms with Crippen LogP contribution >= 0.6 is 0 Å². The maximum Gasteiger partial charge on any atom is 0.340 e. The summed E-state index contributed by atoms with van der Waals surface area (Å²) in [5.74, 6) is -0.0603. The summed E-state index contributed by atoms with van der Waals surface area (Å²) in [6.45, 7) is 6.09. The number of nitrogens with zero attached hydrogens (tertiary/aromatic N) is 2. The number of carbonyl (C=O) groups is 1. The first-order valence-corrected chi connectivity index (χ1v) is 11.9. The molecular weight excluding hydrogens is 428 g/mol. The van der Waals surface area contributed by atoms with Crippen molar-refractivity contribution in [2.24, 2.45) is 0 Å². The first-order chi connectivity index (χ1) is 15.2. The van der Waals surface area contributed by atoms with Crippen LogP contribution in [0.25, 0.3) is 11.3 Å². The fourth-order valence-corrected chi connectivity index (χ4v) is 5.23. The minimum Gasteiger partial charge on any atom is -0.308 e. The Morgan fingerprint density at radius 2 is 1.91 bits per heavy atom. The van der Waals surface area contributed by atoms with Crippen LogP contribution in [0.15, 0.2) is 64.4 Å². The zero-order valence-electron chi connectivity index (χ0n) is 18.2. The third-order valence-corrected chi connectivity index (χ3v) is 7.17. The highest BCUT2D eigenvalue weighted by Crippen LogP contribution is 2.34. The molecule has 1 unspecified atom stereocenters. The summed E-state index contributed by atoms with van der Waals surface area (Å²) in [6.07, 6.45) is 1.85. The molecule has 4 rings (SSSR count). The van der Waals surface area contributed by atoms with Crippen molar-refractivity contribution < 1.29 is 13.2 Å². The molecule has 1 aliphatic rings. The number of aromatic amines is 1. The van der Waals surface area contributed by atoms with E-state index < -0.39 is 15.7 Å². The van der Waals surface area contributed by atoms with E-state index in [1.165, 1.54) is 12.3 Å². The van der Waals surface area contributed by atoms with Crippen LogP contribution in [0.3, 0.4) is 0 Å². The quantitative estimate of drug-likeness (QED) is 0.595. The molecule has 0 radical (unpaired) electrons. The number of fused-ring (bicyclic) bond motifs is 1. The van der Waals surface area contributed by atoms with Crippen molar-refractivity contribution in [3.05, 3.63) is 70.8 Å². The van der Waals surface area contributed by atoms with Crippen LogP contribution < -0.4 is 15.9 Å². The predicted molar refractivity (Wildman–Crippen MR) is 123 cm³/mol. The van der Waals surface area contributed by atoms with Crippen molar-refractivity contribution in [2.45, 2.75) is 44.2 Å². The average molecular weight is 455 g/mol. The van der Waals surface area contributed by atoms with E-state index in [0.29, 0.717) is 23.4 Å². The molecule has 2 N–H and O–H groups in total. The van der Waals surface area contributed by atoms with E-state index in [0.717, 1.165) is 9.54 Å². The number of hydrogen-bond acceptors (Lipinski definition) is 5. The van der Waals surface area contributed by atoms with Gasteiger partial charge in [0.15, 0.2) is 0 Å². The van der Waals surface area contributed by atoms with Crippen molar-refractivity contribution >= 4 is 21.6 Å². The van der Waals surface area contributed by atoms with Gasteiger partial charge in [-0.2, -0.15) is 3.97 Å². The molecule has 1 atom stereocenters. The molecule has 9 heteroatoms. The number of aromatic nitrogens is 2. The number of benzene rings is 2. The van der Waals surface area contributed by atoms with E-state index in [2.05, 4.69) is 10.3 Å². The maximum absolute atomic E-state index is 13.2. The average Bonchev–Trinajstić information content (AvgIpc) is 3.31. The van der Waals surface area contributed by atoms with Gasteiger partial charge in [0.05, 0.1) is 23.3 Å². The summed E-state index contributed by atoms with van der Waals surface area (Å²) in [6, 6.07) is 13.8. The van der Waals surface area contributed by atoms with Gasteiger partial charge in [0.25, 0.3) is 10.0 Å². The van der Waals surface area contributed by atoms with Crippen molar-refractivity contribution in [1.29, 1.82) is 0 Å². The van der Waals surface area contributed by atoms with Crippen molar-refractivity contribution in [2.75, 3.05) is 11.4 Å². The molecule has 0 bridgehead atoms. The fourth-order valence-electron chi connectivity index (χ4n) is 3.96. The third-order valence-electron chi connectivity index (χ3n) is 5.53. The summed E-state index contributed by atoms with van der Waals surface area (Å²) >= 11 is 0. The van der Waals surface area contributed by atoms with Gasteiger partial charge in [-0.05, 0) is 42.7 Å². The number of amides is 1. The second-order valence-corrected chi connectivity index (χ2v) is 10.1. The predicted octanol–water partition coefficient (Wildman–Crippen LogP) is 2.36. The molecule has 0 saturated carbocycles. The Balaban J connectivity index is 1.66. The van der Waals surface area contributed by atoms with Gasteiger partial charge in [-0.15, -0.1) is 0 Å². The van der Waals surface area contributed by atoms with Crippen molar-refractivity contribution in [3.63, 3.8) is 0 Å². The standard InChI is InChI=1S/C23H26N4O4S/c1-15(2)24-13-22(28)27-16(3)11-18-12-19(9-10-21(18)27)32(30,31)26-14-20(25-23(26)29)17-7-5-4-6-8-17/h4-10,12,14-16,24H,11,13H2,1-3H3,(H,25,29). The normalized spacial score (nSPS) is 15.9. The van der Waals surface area contributed by atoms with Gasteiger partial charge in [-0.25, -0.2) is 13.2 Å². The smallest absolute Gasteiger partial charge is 0.308 e. The number of nitrogens with one attached hydrogen (secondary N) is 2. The van der Waals surface area contributed by atoms with Crippen molar-refractivity contribution in [3.8, 4) is 11.3 Å². The van der Waals surface area contributed by atoms with Crippen LogP contribution in [0.5, 0.6) is 0 Å². The van der Waals surface area contributed by atoms with Gasteiger partial charge in [0, 0.05) is 17.8 Å². The summed E-state index contributed by atoms with van der Waals surface area (Å²) in [5, 5.41) is 3.12. The number of imidazole rings is 1. The minimum absolute atomic E-state index is 0.0127. The van der Waals surface area contributed by atoms with Crippen molar-refractivity contribution in [1.82, 2.24) is 14.3 Å². The Morgan fingerprint density at radius 3 is 2.59 bits per heavy atom. The molecule has 0 spiro atoms. The lowest BCUT2D eigenvalue weighted by Gasteiger charge is -2.23. The van der Waals surface area contributed by atoms with Crippen LogP contribution in [0.4, 0.5) is 5.69 Å². The molecule has 1 aromatic heterocycles. The molecule has 8 nitrogen and oxygen atoms in total. The van der Waals surface area contributed by atoms with Gasteiger partial charge >= 0.3 is 5.69 Å². The zero-order chi connectivity index (χ0) is 23.0. The highest BCUT2D eigenvalue weighted by atomic mass is 32.2. The Bertz CT molecular complexity index is 1310. The van der Waals surface area contributed by atoms with Crippen LogP contribution in [0.1, 0.15) is 26.3 Å². The van der Waals surface area contributed by atoms with E-state index >= 15 is 0 Å². The lowest BCUT2D eigenvalue weighted by Crippen LogP contribution is -2.43. The van der Waals surface area contributed by atoms with E-state index in [9.17, 15) is 18.0 Å².